The van der Waals surface area contributed by atoms with Gasteiger partial charge in [0.1, 0.15) is 0 Å². The molecule has 0 atom stereocenters. The number of hydrogen-bond acceptors (Lipinski definition) is 5. The summed E-state index contributed by atoms with van der Waals surface area (Å²) in [5, 5.41) is 14.3. The molecule has 7 heteroatoms. The minimum atomic E-state index is -0.186. The minimum absolute atomic E-state index is 0.186. The predicted octanol–water partition coefficient (Wildman–Crippen LogP) is 1.30. The third-order valence-electron chi connectivity index (χ3n) is 3.18. The minimum Gasteiger partial charge on any atom is -0.348 e. The average Bonchev–Trinajstić information content (AvgIpc) is 2.99. The zero-order valence-corrected chi connectivity index (χ0v) is 12.0. The van der Waals surface area contributed by atoms with Gasteiger partial charge in [-0.25, -0.2) is 0 Å². The molecule has 110 valence electrons. The molecular formula is C15H14N6O. The van der Waals surface area contributed by atoms with Gasteiger partial charge in [-0.15, -0.1) is 5.10 Å². The Bertz CT molecular complexity index is 783. The van der Waals surface area contributed by atoms with Crippen LogP contribution in [0.2, 0.25) is 0 Å². The van der Waals surface area contributed by atoms with Crippen LogP contribution < -0.4 is 5.32 Å². The Labute approximate surface area is 127 Å². The molecule has 0 saturated carbocycles. The molecule has 1 aromatic carbocycles. The van der Waals surface area contributed by atoms with E-state index in [0.29, 0.717) is 23.6 Å². The molecule has 1 amide bonds. The van der Waals surface area contributed by atoms with E-state index in [-0.39, 0.29) is 5.91 Å². The number of nitrogens with one attached hydrogen (secondary N) is 1. The number of pyridine rings is 1. The lowest BCUT2D eigenvalue weighted by Crippen LogP contribution is -2.24. The van der Waals surface area contributed by atoms with Crippen LogP contribution in [-0.2, 0) is 6.54 Å². The third-order valence-corrected chi connectivity index (χ3v) is 3.18. The van der Waals surface area contributed by atoms with Crippen LogP contribution in [0.4, 0.5) is 0 Å². The molecule has 2 aromatic heterocycles. The van der Waals surface area contributed by atoms with Crippen molar-refractivity contribution >= 4 is 5.91 Å². The van der Waals surface area contributed by atoms with Crippen LogP contribution in [0, 0.1) is 6.92 Å². The quantitative estimate of drug-likeness (QED) is 0.783. The number of hydrogen-bond donors (Lipinski definition) is 1. The number of aryl methyl sites for hydroxylation is 1. The number of carbonyl (C=O) groups excluding carboxylic acids is 1. The highest BCUT2D eigenvalue weighted by atomic mass is 16.1. The monoisotopic (exact) mass is 294 g/mol. The summed E-state index contributed by atoms with van der Waals surface area (Å²) in [4.78, 5) is 16.5. The molecule has 2 heterocycles. The van der Waals surface area contributed by atoms with E-state index in [9.17, 15) is 4.79 Å². The summed E-state index contributed by atoms with van der Waals surface area (Å²) in [6.45, 7) is 2.19. The molecule has 0 unspecified atom stereocenters. The second-order valence-corrected chi connectivity index (χ2v) is 4.70. The van der Waals surface area contributed by atoms with E-state index >= 15 is 0 Å². The van der Waals surface area contributed by atoms with Gasteiger partial charge in [-0.05, 0) is 41.1 Å². The molecule has 0 radical (unpaired) electrons. The number of aromatic nitrogens is 5. The molecule has 22 heavy (non-hydrogen) atoms. The first-order valence-corrected chi connectivity index (χ1v) is 6.77. The van der Waals surface area contributed by atoms with Crippen LogP contribution in [0.3, 0.4) is 0 Å². The van der Waals surface area contributed by atoms with Crippen LogP contribution in [0.15, 0.2) is 48.8 Å². The van der Waals surface area contributed by atoms with E-state index in [1.807, 2.05) is 30.3 Å². The van der Waals surface area contributed by atoms with Crippen LogP contribution >= 0.6 is 0 Å². The highest BCUT2D eigenvalue weighted by Gasteiger charge is 2.14. The summed E-state index contributed by atoms with van der Waals surface area (Å²) >= 11 is 0. The topological polar surface area (TPSA) is 85.6 Å². The van der Waals surface area contributed by atoms with Crippen molar-refractivity contribution in [3.63, 3.8) is 0 Å². The number of para-hydroxylation sites is 1. The number of benzene rings is 1. The molecule has 0 aliphatic heterocycles. The second-order valence-electron chi connectivity index (χ2n) is 4.70. The molecule has 3 aromatic rings. The molecule has 0 saturated heterocycles. The van der Waals surface area contributed by atoms with E-state index in [2.05, 4.69) is 25.8 Å². The van der Waals surface area contributed by atoms with Crippen molar-refractivity contribution < 1.29 is 4.79 Å². The van der Waals surface area contributed by atoms with E-state index < -0.39 is 0 Å². The van der Waals surface area contributed by atoms with Gasteiger partial charge in [-0.1, -0.05) is 18.2 Å². The van der Waals surface area contributed by atoms with E-state index in [1.54, 1.807) is 30.1 Å². The fourth-order valence-corrected chi connectivity index (χ4v) is 2.08. The third kappa shape index (κ3) is 2.83. The lowest BCUT2D eigenvalue weighted by atomic mass is 10.1. The molecule has 0 aliphatic carbocycles. The zero-order chi connectivity index (χ0) is 15.4. The van der Waals surface area contributed by atoms with Crippen molar-refractivity contribution in [2.75, 3.05) is 0 Å². The summed E-state index contributed by atoms with van der Waals surface area (Å²) in [5.41, 5.74) is 2.10. The summed E-state index contributed by atoms with van der Waals surface area (Å²) in [6, 6.07) is 10.9. The van der Waals surface area contributed by atoms with E-state index in [0.717, 1.165) is 5.56 Å². The fraction of sp³-hybridized carbons (Fsp3) is 0.133. The Kier molecular flexibility index (Phi) is 3.86. The van der Waals surface area contributed by atoms with Crippen LogP contribution in [0.5, 0.6) is 0 Å². The molecule has 1 N–H and O–H groups in total. The first kappa shape index (κ1) is 13.9. The molecule has 0 bridgehead atoms. The fourth-order valence-electron chi connectivity index (χ4n) is 2.08. The summed E-state index contributed by atoms with van der Waals surface area (Å²) in [5.74, 6) is 0.432. The number of tetrazole rings is 1. The predicted molar refractivity (Wildman–Crippen MR) is 79.3 cm³/mol. The number of nitrogens with zero attached hydrogens (tertiary/aromatic N) is 5. The largest absolute Gasteiger partial charge is 0.348 e. The maximum atomic E-state index is 12.4. The van der Waals surface area contributed by atoms with Gasteiger partial charge >= 0.3 is 0 Å². The standard InChI is InChI=1S/C15H14N6O/c1-11-18-19-20-21(11)14-7-3-2-6-13(14)15(22)17-10-12-5-4-8-16-9-12/h2-9H,10H2,1H3,(H,17,22). The summed E-state index contributed by atoms with van der Waals surface area (Å²) in [6.07, 6.45) is 3.42. The first-order valence-electron chi connectivity index (χ1n) is 6.77. The van der Waals surface area contributed by atoms with Gasteiger partial charge in [0.15, 0.2) is 5.82 Å². The summed E-state index contributed by atoms with van der Waals surface area (Å²) < 4.78 is 1.54. The van der Waals surface area contributed by atoms with E-state index in [1.165, 1.54) is 0 Å². The highest BCUT2D eigenvalue weighted by molar-refractivity contribution is 5.97. The van der Waals surface area contributed by atoms with Gasteiger partial charge in [-0.3, -0.25) is 9.78 Å². The van der Waals surface area contributed by atoms with Crippen LogP contribution in [-0.4, -0.2) is 31.1 Å². The van der Waals surface area contributed by atoms with Gasteiger partial charge in [0.2, 0.25) is 0 Å². The smallest absolute Gasteiger partial charge is 0.253 e. The Morgan fingerprint density at radius 3 is 2.82 bits per heavy atom. The van der Waals surface area contributed by atoms with Crippen LogP contribution in [0.25, 0.3) is 5.69 Å². The highest BCUT2D eigenvalue weighted by Crippen LogP contribution is 2.14. The SMILES string of the molecule is Cc1nnnn1-c1ccccc1C(=O)NCc1cccnc1. The van der Waals surface area contributed by atoms with Crippen LogP contribution in [0.1, 0.15) is 21.7 Å². The van der Waals surface area contributed by atoms with Crippen molar-refractivity contribution in [2.24, 2.45) is 0 Å². The molecule has 0 spiro atoms. The van der Waals surface area contributed by atoms with Crippen molar-refractivity contribution in [1.82, 2.24) is 30.5 Å². The Hall–Kier alpha value is -3.09. The first-order chi connectivity index (χ1) is 10.8. The Balaban J connectivity index is 1.83. The maximum absolute atomic E-state index is 12.4. The molecule has 0 fully saturated rings. The van der Waals surface area contributed by atoms with Gasteiger partial charge in [0.25, 0.3) is 5.91 Å². The van der Waals surface area contributed by atoms with Gasteiger partial charge in [0.05, 0.1) is 11.3 Å². The van der Waals surface area contributed by atoms with Gasteiger partial charge in [-0.2, -0.15) is 4.68 Å². The Morgan fingerprint density at radius 2 is 2.09 bits per heavy atom. The van der Waals surface area contributed by atoms with E-state index in [4.69, 9.17) is 0 Å². The molecule has 7 nitrogen and oxygen atoms in total. The van der Waals surface area contributed by atoms with Crippen molar-refractivity contribution in [1.29, 1.82) is 0 Å². The zero-order valence-electron chi connectivity index (χ0n) is 12.0. The lowest BCUT2D eigenvalue weighted by Gasteiger charge is -2.10. The van der Waals surface area contributed by atoms with Crippen molar-refractivity contribution in [3.05, 3.63) is 65.7 Å². The number of amides is 1. The van der Waals surface area contributed by atoms with Gasteiger partial charge < -0.3 is 5.32 Å². The maximum Gasteiger partial charge on any atom is 0.253 e. The summed E-state index contributed by atoms with van der Waals surface area (Å²) in [7, 11) is 0. The van der Waals surface area contributed by atoms with Gasteiger partial charge in [0, 0.05) is 18.9 Å². The Morgan fingerprint density at radius 1 is 1.23 bits per heavy atom. The second kappa shape index (κ2) is 6.13. The molecule has 3 rings (SSSR count). The normalized spacial score (nSPS) is 10.4. The number of carbonyl (C=O) groups is 1. The van der Waals surface area contributed by atoms with Crippen molar-refractivity contribution in [2.45, 2.75) is 13.5 Å². The molecule has 0 aliphatic rings. The lowest BCUT2D eigenvalue weighted by molar-refractivity contribution is 0.0950. The number of rotatable bonds is 4. The van der Waals surface area contributed by atoms with Crippen molar-refractivity contribution in [3.8, 4) is 5.69 Å². The molecular weight excluding hydrogens is 280 g/mol. The average molecular weight is 294 g/mol.